The largest absolute Gasteiger partial charge is 0.480 e. The first-order valence-corrected chi connectivity index (χ1v) is 9.21. The number of hydrogen-bond acceptors (Lipinski definition) is 5. The molecular formula is C19H19BrN2O5. The second-order valence-corrected chi connectivity index (χ2v) is 7.17. The summed E-state index contributed by atoms with van der Waals surface area (Å²) in [5.74, 6) is -1.07. The highest BCUT2D eigenvalue weighted by atomic mass is 79.9. The molecule has 1 aromatic carbocycles. The van der Waals surface area contributed by atoms with Crippen LogP contribution in [0.2, 0.25) is 0 Å². The minimum Gasteiger partial charge on any atom is -0.480 e. The van der Waals surface area contributed by atoms with Gasteiger partial charge in [0.1, 0.15) is 18.8 Å². The first-order valence-electron chi connectivity index (χ1n) is 8.42. The zero-order chi connectivity index (χ0) is 19.3. The highest BCUT2D eigenvalue weighted by Gasteiger charge is 2.44. The number of nitrogens with zero attached hydrogens (tertiary/aromatic N) is 2. The van der Waals surface area contributed by atoms with Crippen molar-refractivity contribution in [2.75, 3.05) is 19.7 Å². The Kier molecular flexibility index (Phi) is 6.08. The number of pyridine rings is 1. The number of carboxylic acid groups (broad SMARTS) is 1. The Labute approximate surface area is 165 Å². The van der Waals surface area contributed by atoms with Gasteiger partial charge in [0.15, 0.2) is 0 Å². The SMILES string of the molecule is O=C(O)COC1(c2ccc(Br)cn2)CCN(C(=O)OCc2ccccc2)C1. The molecule has 3 rings (SSSR count). The summed E-state index contributed by atoms with van der Waals surface area (Å²) >= 11 is 3.33. The van der Waals surface area contributed by atoms with Crippen molar-refractivity contribution in [2.24, 2.45) is 0 Å². The number of benzene rings is 1. The fourth-order valence-corrected chi connectivity index (χ4v) is 3.23. The number of amides is 1. The molecule has 1 saturated heterocycles. The van der Waals surface area contributed by atoms with E-state index >= 15 is 0 Å². The van der Waals surface area contributed by atoms with E-state index in [1.165, 1.54) is 4.90 Å². The van der Waals surface area contributed by atoms with Gasteiger partial charge in [-0.05, 0) is 33.6 Å². The number of halogens is 1. The van der Waals surface area contributed by atoms with Crippen LogP contribution in [0.25, 0.3) is 0 Å². The predicted molar refractivity (Wildman–Crippen MR) is 100 cm³/mol. The van der Waals surface area contributed by atoms with Crippen LogP contribution < -0.4 is 0 Å². The van der Waals surface area contributed by atoms with E-state index in [1.807, 2.05) is 36.4 Å². The van der Waals surface area contributed by atoms with Gasteiger partial charge in [-0.2, -0.15) is 0 Å². The van der Waals surface area contributed by atoms with Gasteiger partial charge in [0, 0.05) is 23.6 Å². The van der Waals surface area contributed by atoms with E-state index in [2.05, 4.69) is 20.9 Å². The van der Waals surface area contributed by atoms with Crippen LogP contribution in [0.15, 0.2) is 53.1 Å². The van der Waals surface area contributed by atoms with Gasteiger partial charge in [0.25, 0.3) is 0 Å². The van der Waals surface area contributed by atoms with Crippen molar-refractivity contribution in [3.8, 4) is 0 Å². The van der Waals surface area contributed by atoms with Gasteiger partial charge in [-0.1, -0.05) is 30.3 Å². The third kappa shape index (κ3) is 4.84. The summed E-state index contributed by atoms with van der Waals surface area (Å²) in [5.41, 5.74) is 0.517. The number of ether oxygens (including phenoxy) is 2. The van der Waals surface area contributed by atoms with Gasteiger partial charge in [-0.3, -0.25) is 4.98 Å². The number of aromatic nitrogens is 1. The van der Waals surface area contributed by atoms with Gasteiger partial charge in [0.05, 0.1) is 12.2 Å². The maximum Gasteiger partial charge on any atom is 0.410 e. The molecule has 1 aromatic heterocycles. The van der Waals surface area contributed by atoms with Crippen molar-refractivity contribution in [1.29, 1.82) is 0 Å². The highest BCUT2D eigenvalue weighted by Crippen LogP contribution is 2.35. The van der Waals surface area contributed by atoms with Gasteiger partial charge in [-0.15, -0.1) is 0 Å². The third-order valence-electron chi connectivity index (χ3n) is 4.36. The standard InChI is InChI=1S/C19H19BrN2O5/c20-15-6-7-16(21-10-15)19(27-12-17(23)24)8-9-22(13-19)18(25)26-11-14-4-2-1-3-5-14/h1-7,10H,8-9,11-13H2,(H,23,24). The van der Waals surface area contributed by atoms with Crippen molar-refractivity contribution in [3.05, 3.63) is 64.4 Å². The highest BCUT2D eigenvalue weighted by molar-refractivity contribution is 9.10. The Hall–Kier alpha value is -2.45. The summed E-state index contributed by atoms with van der Waals surface area (Å²) in [5, 5.41) is 9.01. The lowest BCUT2D eigenvalue weighted by Crippen LogP contribution is -2.38. The Balaban J connectivity index is 1.70. The Bertz CT molecular complexity index is 800. The second kappa shape index (κ2) is 8.49. The molecule has 2 heterocycles. The van der Waals surface area contributed by atoms with Crippen molar-refractivity contribution in [1.82, 2.24) is 9.88 Å². The van der Waals surface area contributed by atoms with E-state index in [1.54, 1.807) is 12.3 Å². The molecule has 0 bridgehead atoms. The van der Waals surface area contributed by atoms with Crippen molar-refractivity contribution in [2.45, 2.75) is 18.6 Å². The van der Waals surface area contributed by atoms with Gasteiger partial charge < -0.3 is 19.5 Å². The first-order chi connectivity index (χ1) is 13.0. The molecule has 1 fully saturated rings. The molecule has 1 amide bonds. The number of aliphatic carboxylic acids is 1. The van der Waals surface area contributed by atoms with Crippen LogP contribution in [0.4, 0.5) is 4.79 Å². The number of carboxylic acids is 1. The van der Waals surface area contributed by atoms with E-state index in [9.17, 15) is 9.59 Å². The first kappa shape index (κ1) is 19.3. The minimum atomic E-state index is -1.07. The van der Waals surface area contributed by atoms with E-state index in [0.29, 0.717) is 18.7 Å². The molecule has 0 aliphatic carbocycles. The lowest BCUT2D eigenvalue weighted by atomic mass is 9.97. The average Bonchev–Trinajstić information content (AvgIpc) is 3.12. The zero-order valence-corrected chi connectivity index (χ0v) is 16.1. The lowest BCUT2D eigenvalue weighted by molar-refractivity contribution is -0.150. The number of likely N-dealkylation sites (tertiary alicyclic amines) is 1. The number of rotatable bonds is 6. The van der Waals surface area contributed by atoms with E-state index < -0.39 is 24.3 Å². The fourth-order valence-electron chi connectivity index (χ4n) is 2.99. The number of carbonyl (C=O) groups excluding carboxylic acids is 1. The smallest absolute Gasteiger partial charge is 0.410 e. The molecular weight excluding hydrogens is 416 g/mol. The molecule has 1 N–H and O–H groups in total. The van der Waals surface area contributed by atoms with Crippen molar-refractivity contribution in [3.63, 3.8) is 0 Å². The molecule has 0 spiro atoms. The van der Waals surface area contributed by atoms with Crippen LogP contribution >= 0.6 is 15.9 Å². The van der Waals surface area contributed by atoms with Crippen LogP contribution in [0.1, 0.15) is 17.7 Å². The second-order valence-electron chi connectivity index (χ2n) is 6.25. The quantitative estimate of drug-likeness (QED) is 0.750. The van der Waals surface area contributed by atoms with E-state index in [0.717, 1.165) is 10.0 Å². The zero-order valence-electron chi connectivity index (χ0n) is 14.5. The summed E-state index contributed by atoms with van der Waals surface area (Å²) in [4.78, 5) is 29.3. The summed E-state index contributed by atoms with van der Waals surface area (Å²) < 4.78 is 11.9. The van der Waals surface area contributed by atoms with Gasteiger partial charge >= 0.3 is 12.1 Å². The van der Waals surface area contributed by atoms with Crippen LogP contribution in [0, 0.1) is 0 Å². The van der Waals surface area contributed by atoms with Gasteiger partial charge in [-0.25, -0.2) is 9.59 Å². The third-order valence-corrected chi connectivity index (χ3v) is 4.83. The van der Waals surface area contributed by atoms with E-state index in [-0.39, 0.29) is 13.2 Å². The van der Waals surface area contributed by atoms with Crippen LogP contribution in [0.5, 0.6) is 0 Å². The van der Waals surface area contributed by atoms with Crippen molar-refractivity contribution >= 4 is 28.0 Å². The number of carbonyl (C=O) groups is 2. The molecule has 7 nitrogen and oxygen atoms in total. The summed E-state index contributed by atoms with van der Waals surface area (Å²) in [6.07, 6.45) is 1.60. The number of hydrogen-bond donors (Lipinski definition) is 1. The Morgan fingerprint density at radius 1 is 1.22 bits per heavy atom. The molecule has 1 aliphatic heterocycles. The van der Waals surface area contributed by atoms with Gasteiger partial charge in [0.2, 0.25) is 0 Å². The molecule has 142 valence electrons. The molecule has 2 aromatic rings. The Morgan fingerprint density at radius 3 is 2.67 bits per heavy atom. The lowest BCUT2D eigenvalue weighted by Gasteiger charge is -2.28. The molecule has 1 atom stereocenters. The maximum atomic E-state index is 12.4. The normalized spacial score (nSPS) is 19.1. The molecule has 1 aliphatic rings. The van der Waals surface area contributed by atoms with Crippen LogP contribution in [-0.4, -0.2) is 46.7 Å². The van der Waals surface area contributed by atoms with Crippen LogP contribution in [0.3, 0.4) is 0 Å². The minimum absolute atomic E-state index is 0.176. The fraction of sp³-hybridized carbons (Fsp3) is 0.316. The van der Waals surface area contributed by atoms with Crippen LogP contribution in [-0.2, 0) is 26.5 Å². The van der Waals surface area contributed by atoms with Crippen molar-refractivity contribution < 1.29 is 24.2 Å². The Morgan fingerprint density at radius 2 is 2.00 bits per heavy atom. The molecule has 27 heavy (non-hydrogen) atoms. The maximum absolute atomic E-state index is 12.4. The molecule has 1 unspecified atom stereocenters. The monoisotopic (exact) mass is 434 g/mol. The van der Waals surface area contributed by atoms with E-state index in [4.69, 9.17) is 14.6 Å². The molecule has 8 heteroatoms. The summed E-state index contributed by atoms with van der Waals surface area (Å²) in [6, 6.07) is 13.0. The summed E-state index contributed by atoms with van der Waals surface area (Å²) in [6.45, 7) is 0.286. The topological polar surface area (TPSA) is 89.0 Å². The average molecular weight is 435 g/mol. The summed E-state index contributed by atoms with van der Waals surface area (Å²) in [7, 11) is 0. The predicted octanol–water partition coefficient (Wildman–Crippen LogP) is 3.18. The molecule has 0 radical (unpaired) electrons. The molecule has 0 saturated carbocycles.